The van der Waals surface area contributed by atoms with Crippen LogP contribution in [0.4, 0.5) is 16.2 Å². The first-order valence-corrected chi connectivity index (χ1v) is 18.2. The summed E-state index contributed by atoms with van der Waals surface area (Å²) < 4.78 is 23.1. The zero-order valence-corrected chi connectivity index (χ0v) is 26.9. The van der Waals surface area contributed by atoms with Crippen LogP contribution in [-0.4, -0.2) is 65.3 Å². The number of fused-ring (bicyclic) bond motifs is 2. The smallest absolute Gasteiger partial charge is 0.414 e. The summed E-state index contributed by atoms with van der Waals surface area (Å²) >= 11 is 0. The summed E-state index contributed by atoms with van der Waals surface area (Å²) in [6.45, 7) is 7.98. The lowest BCUT2D eigenvalue weighted by Crippen LogP contribution is -2.51. The van der Waals surface area contributed by atoms with Crippen molar-refractivity contribution in [1.29, 1.82) is 0 Å². The van der Waals surface area contributed by atoms with Crippen molar-refractivity contribution in [2.45, 2.75) is 50.2 Å². The number of hydrogen-bond acceptors (Lipinski definition) is 7. The van der Waals surface area contributed by atoms with Gasteiger partial charge in [-0.2, -0.15) is 0 Å². The number of hydrogen-bond donors (Lipinski definition) is 1. The highest BCUT2D eigenvalue weighted by atomic mass is 28.3. The molecule has 3 aromatic rings. The van der Waals surface area contributed by atoms with Crippen molar-refractivity contribution >= 4 is 36.6 Å². The van der Waals surface area contributed by atoms with Gasteiger partial charge in [-0.15, -0.1) is 0 Å². The number of methoxy groups -OCH3 is 2. The van der Waals surface area contributed by atoms with Gasteiger partial charge in [0.1, 0.15) is 18.1 Å². The van der Waals surface area contributed by atoms with Crippen molar-refractivity contribution < 1.29 is 33.6 Å². The molecule has 0 unspecified atom stereocenters. The SMILES string of the molecule is COc1ccc([Si](C)(C)[C@@H]2[C@@H](CCO)O[C@]3(C(=O)N(Cc4ccc(N5CCOC5=O)cc4)c4ccc(OC)cc43)[C@H]2C)cc1. The second-order valence-corrected chi connectivity index (χ2v) is 17.1. The van der Waals surface area contributed by atoms with Crippen molar-refractivity contribution in [2.24, 2.45) is 5.92 Å². The highest BCUT2D eigenvalue weighted by Crippen LogP contribution is 2.60. The van der Waals surface area contributed by atoms with Gasteiger partial charge in [-0.3, -0.25) is 9.69 Å². The van der Waals surface area contributed by atoms with E-state index in [-0.39, 0.29) is 36.2 Å². The molecule has 3 heterocycles. The molecule has 3 aliphatic rings. The fourth-order valence-electron chi connectivity index (χ4n) is 7.57. The fourth-order valence-corrected chi connectivity index (χ4v) is 11.6. The van der Waals surface area contributed by atoms with E-state index in [1.165, 1.54) is 5.19 Å². The number of aliphatic hydroxyl groups excluding tert-OH is 1. The van der Waals surface area contributed by atoms with Crippen LogP contribution in [0.1, 0.15) is 24.5 Å². The molecule has 1 spiro atoms. The number of anilines is 2. The summed E-state index contributed by atoms with van der Waals surface area (Å²) in [6.07, 6.45) is -0.213. The average Bonchev–Trinajstić information content (AvgIpc) is 3.66. The lowest BCUT2D eigenvalue weighted by Gasteiger charge is -2.37. The van der Waals surface area contributed by atoms with Crippen LogP contribution in [0.3, 0.4) is 0 Å². The van der Waals surface area contributed by atoms with E-state index in [0.717, 1.165) is 28.3 Å². The van der Waals surface area contributed by atoms with Crippen molar-refractivity contribution in [3.8, 4) is 11.5 Å². The third-order valence-electron chi connectivity index (χ3n) is 9.81. The maximum absolute atomic E-state index is 14.8. The van der Waals surface area contributed by atoms with Gasteiger partial charge in [0.05, 0.1) is 47.2 Å². The number of benzene rings is 3. The first-order chi connectivity index (χ1) is 21.1. The molecule has 0 aromatic heterocycles. The van der Waals surface area contributed by atoms with Crippen molar-refractivity contribution in [1.82, 2.24) is 0 Å². The summed E-state index contributed by atoms with van der Waals surface area (Å²) in [5, 5.41) is 11.4. The van der Waals surface area contributed by atoms with Gasteiger partial charge >= 0.3 is 6.09 Å². The summed E-state index contributed by atoms with van der Waals surface area (Å²) in [5.74, 6) is 1.18. The predicted octanol–water partition coefficient (Wildman–Crippen LogP) is 4.81. The normalized spacial score (nSPS) is 24.6. The van der Waals surface area contributed by atoms with Gasteiger partial charge in [-0.25, -0.2) is 4.79 Å². The van der Waals surface area contributed by atoms with Crippen molar-refractivity contribution in [2.75, 3.05) is 43.8 Å². The lowest BCUT2D eigenvalue weighted by atomic mass is 9.82. The third kappa shape index (κ3) is 4.76. The Labute approximate surface area is 259 Å². The summed E-state index contributed by atoms with van der Waals surface area (Å²) in [4.78, 5) is 30.2. The number of nitrogens with zero attached hydrogens (tertiary/aromatic N) is 2. The third-order valence-corrected chi connectivity index (χ3v) is 14.2. The highest BCUT2D eigenvalue weighted by molar-refractivity contribution is 6.91. The van der Waals surface area contributed by atoms with Crippen LogP contribution in [-0.2, 0) is 26.4 Å². The van der Waals surface area contributed by atoms with E-state index in [1.54, 1.807) is 19.1 Å². The molecular formula is C34H40N2O7Si. The zero-order chi connectivity index (χ0) is 31.2. The second-order valence-electron chi connectivity index (χ2n) is 12.4. The Morgan fingerprint density at radius 1 is 0.977 bits per heavy atom. The Morgan fingerprint density at radius 2 is 1.66 bits per heavy atom. The monoisotopic (exact) mass is 616 g/mol. The molecule has 3 aromatic carbocycles. The van der Waals surface area contributed by atoms with Gasteiger partial charge < -0.3 is 29.0 Å². The Balaban J connectivity index is 1.38. The number of amides is 2. The maximum Gasteiger partial charge on any atom is 0.414 e. The molecule has 2 saturated heterocycles. The molecule has 0 saturated carbocycles. The Bertz CT molecular complexity index is 1540. The number of carbonyl (C=O) groups excluding carboxylic acids is 2. The molecule has 9 nitrogen and oxygen atoms in total. The van der Waals surface area contributed by atoms with E-state index < -0.39 is 13.7 Å². The minimum absolute atomic E-state index is 0.0309. The number of rotatable bonds is 9. The molecule has 0 radical (unpaired) electrons. The molecule has 6 rings (SSSR count). The van der Waals surface area contributed by atoms with E-state index in [1.807, 2.05) is 59.5 Å². The predicted molar refractivity (Wildman–Crippen MR) is 171 cm³/mol. The first-order valence-electron chi connectivity index (χ1n) is 15.1. The molecule has 44 heavy (non-hydrogen) atoms. The minimum atomic E-state index is -2.27. The van der Waals surface area contributed by atoms with Crippen LogP contribution < -0.4 is 24.5 Å². The topological polar surface area (TPSA) is 97.8 Å². The van der Waals surface area contributed by atoms with E-state index in [4.69, 9.17) is 18.9 Å². The summed E-state index contributed by atoms with van der Waals surface area (Å²) in [7, 11) is 1.01. The highest BCUT2D eigenvalue weighted by Gasteiger charge is 2.66. The Kier molecular flexibility index (Phi) is 7.94. The molecule has 0 bridgehead atoms. The fraction of sp³-hybridized carbons (Fsp3) is 0.412. The molecule has 2 amide bonds. The Morgan fingerprint density at radius 3 is 2.27 bits per heavy atom. The van der Waals surface area contributed by atoms with Gasteiger partial charge in [0.15, 0.2) is 5.60 Å². The van der Waals surface area contributed by atoms with Crippen LogP contribution >= 0.6 is 0 Å². The van der Waals surface area contributed by atoms with Crippen LogP contribution in [0.5, 0.6) is 11.5 Å². The van der Waals surface area contributed by atoms with Gasteiger partial charge in [0.2, 0.25) is 0 Å². The van der Waals surface area contributed by atoms with E-state index in [2.05, 4.69) is 32.2 Å². The van der Waals surface area contributed by atoms with Crippen LogP contribution in [0, 0.1) is 5.92 Å². The van der Waals surface area contributed by atoms with Gasteiger partial charge in [0, 0.05) is 23.8 Å². The standard InChI is InChI=1S/C34H40N2O7Si/c1-22-31(44(4,5)27-13-10-25(40-2)11-14-27)30(16-18-37)43-34(22)28-20-26(41-3)12-15-29(28)36(32(34)38)21-23-6-8-24(9-7-23)35-17-19-42-33(35)39/h6-15,20,22,30-31,37H,16-19,21H2,1-5H3/t22-,30+,31-,34+/m0/s1. The van der Waals surface area contributed by atoms with E-state index >= 15 is 0 Å². The number of aliphatic hydroxyl groups is 1. The number of ether oxygens (including phenoxy) is 4. The average molecular weight is 617 g/mol. The van der Waals surface area contributed by atoms with Crippen molar-refractivity contribution in [3.63, 3.8) is 0 Å². The summed E-state index contributed by atoms with van der Waals surface area (Å²) in [6, 6.07) is 21.6. The zero-order valence-electron chi connectivity index (χ0n) is 25.9. The van der Waals surface area contributed by atoms with Crippen molar-refractivity contribution in [3.05, 3.63) is 77.9 Å². The molecule has 232 valence electrons. The van der Waals surface area contributed by atoms with Gasteiger partial charge in [0.25, 0.3) is 5.91 Å². The molecular weight excluding hydrogens is 576 g/mol. The molecule has 10 heteroatoms. The summed E-state index contributed by atoms with van der Waals surface area (Å²) in [5.41, 5.74) is 2.11. The first kappa shape index (κ1) is 30.2. The van der Waals surface area contributed by atoms with Gasteiger partial charge in [-0.05, 0) is 60.0 Å². The Hall–Kier alpha value is -3.86. The van der Waals surface area contributed by atoms with Crippen LogP contribution in [0.25, 0.3) is 0 Å². The van der Waals surface area contributed by atoms with E-state index in [9.17, 15) is 14.7 Å². The largest absolute Gasteiger partial charge is 0.497 e. The van der Waals surface area contributed by atoms with Crippen LogP contribution in [0.2, 0.25) is 18.6 Å². The number of carbonyl (C=O) groups is 2. The molecule has 4 atom stereocenters. The molecule has 3 aliphatic heterocycles. The van der Waals surface area contributed by atoms with Crippen LogP contribution in [0.15, 0.2) is 66.7 Å². The lowest BCUT2D eigenvalue weighted by molar-refractivity contribution is -0.146. The maximum atomic E-state index is 14.8. The second kappa shape index (κ2) is 11.6. The van der Waals surface area contributed by atoms with Gasteiger partial charge in [-0.1, -0.05) is 49.5 Å². The molecule has 1 N–H and O–H groups in total. The molecule has 0 aliphatic carbocycles. The quantitative estimate of drug-likeness (QED) is 0.345. The van der Waals surface area contributed by atoms with E-state index in [0.29, 0.717) is 31.9 Å². The molecule has 2 fully saturated rings. The number of cyclic esters (lactones) is 1. The minimum Gasteiger partial charge on any atom is -0.497 e.